The molecule has 122 valence electrons. The summed E-state index contributed by atoms with van der Waals surface area (Å²) in [6.45, 7) is 3.55. The van der Waals surface area contributed by atoms with Gasteiger partial charge in [-0.15, -0.1) is 11.8 Å². The van der Waals surface area contributed by atoms with E-state index in [0.717, 1.165) is 4.90 Å². The lowest BCUT2D eigenvalue weighted by Gasteiger charge is -2.22. The van der Waals surface area contributed by atoms with Gasteiger partial charge in [0, 0.05) is 4.90 Å². The predicted molar refractivity (Wildman–Crippen MR) is 90.7 cm³/mol. The number of carbonyl (C=O) groups excluding carboxylic acids is 1. The first-order chi connectivity index (χ1) is 11.0. The van der Waals surface area contributed by atoms with Gasteiger partial charge in [0.1, 0.15) is 5.82 Å². The fourth-order valence-corrected chi connectivity index (χ4v) is 3.02. The summed E-state index contributed by atoms with van der Waals surface area (Å²) >= 11 is 1.46. The van der Waals surface area contributed by atoms with E-state index in [1.54, 1.807) is 6.92 Å². The summed E-state index contributed by atoms with van der Waals surface area (Å²) in [6, 6.07) is 14.8. The number of aliphatic hydroxyl groups excluding tert-OH is 1. The minimum atomic E-state index is -0.881. The molecule has 3 nitrogen and oxygen atoms in total. The highest BCUT2D eigenvalue weighted by Crippen LogP contribution is 2.23. The Balaban J connectivity index is 1.92. The van der Waals surface area contributed by atoms with Crippen LogP contribution in [0, 0.1) is 5.82 Å². The van der Waals surface area contributed by atoms with Crippen LogP contribution in [0.5, 0.6) is 0 Å². The van der Waals surface area contributed by atoms with Crippen molar-refractivity contribution in [1.29, 1.82) is 0 Å². The van der Waals surface area contributed by atoms with Crippen LogP contribution in [0.3, 0.4) is 0 Å². The van der Waals surface area contributed by atoms with Crippen molar-refractivity contribution in [3.63, 3.8) is 0 Å². The molecule has 0 aliphatic heterocycles. The zero-order valence-electron chi connectivity index (χ0n) is 13.1. The molecule has 0 aliphatic carbocycles. The van der Waals surface area contributed by atoms with E-state index < -0.39 is 12.1 Å². The number of amides is 1. The van der Waals surface area contributed by atoms with Crippen LogP contribution in [0.2, 0.25) is 0 Å². The van der Waals surface area contributed by atoms with Gasteiger partial charge in [-0.25, -0.2) is 4.39 Å². The third-order valence-corrected chi connectivity index (χ3v) is 4.59. The molecule has 0 spiro atoms. The highest BCUT2D eigenvalue weighted by Gasteiger charge is 2.22. The Morgan fingerprint density at radius 1 is 1.09 bits per heavy atom. The fraction of sp³-hybridized carbons (Fsp3) is 0.278. The molecule has 23 heavy (non-hydrogen) atoms. The maximum atomic E-state index is 12.9. The van der Waals surface area contributed by atoms with Crippen molar-refractivity contribution in [2.45, 2.75) is 36.1 Å². The van der Waals surface area contributed by atoms with Gasteiger partial charge in [0.25, 0.3) is 0 Å². The second-order valence-corrected chi connectivity index (χ2v) is 6.78. The molecule has 3 atom stereocenters. The van der Waals surface area contributed by atoms with Gasteiger partial charge in [0.15, 0.2) is 0 Å². The molecule has 3 unspecified atom stereocenters. The van der Waals surface area contributed by atoms with E-state index in [2.05, 4.69) is 5.32 Å². The highest BCUT2D eigenvalue weighted by molar-refractivity contribution is 8.00. The topological polar surface area (TPSA) is 49.3 Å². The second kappa shape index (κ2) is 8.13. The number of nitrogens with one attached hydrogen (secondary N) is 1. The zero-order chi connectivity index (χ0) is 16.8. The van der Waals surface area contributed by atoms with Crippen molar-refractivity contribution in [2.24, 2.45) is 0 Å². The Hall–Kier alpha value is -1.85. The minimum Gasteiger partial charge on any atom is -0.386 e. The van der Waals surface area contributed by atoms with Crippen LogP contribution >= 0.6 is 11.8 Å². The molecule has 2 N–H and O–H groups in total. The van der Waals surface area contributed by atoms with Gasteiger partial charge in [-0.2, -0.15) is 0 Å². The maximum Gasteiger partial charge on any atom is 0.233 e. The van der Waals surface area contributed by atoms with Crippen LogP contribution in [0.4, 0.5) is 4.39 Å². The van der Waals surface area contributed by atoms with Crippen LogP contribution in [-0.2, 0) is 4.79 Å². The molecule has 1 amide bonds. The molecule has 0 radical (unpaired) electrons. The summed E-state index contributed by atoms with van der Waals surface area (Å²) in [4.78, 5) is 13.3. The number of benzene rings is 2. The monoisotopic (exact) mass is 333 g/mol. The van der Waals surface area contributed by atoms with E-state index in [1.165, 1.54) is 36.0 Å². The molecule has 2 rings (SSSR count). The van der Waals surface area contributed by atoms with Gasteiger partial charge in [-0.1, -0.05) is 30.3 Å². The molecule has 5 heteroatoms. The smallest absolute Gasteiger partial charge is 0.233 e. The summed E-state index contributed by atoms with van der Waals surface area (Å²) in [6.07, 6.45) is -0.881. The van der Waals surface area contributed by atoms with Crippen molar-refractivity contribution in [1.82, 2.24) is 5.32 Å². The van der Waals surface area contributed by atoms with E-state index in [0.29, 0.717) is 5.56 Å². The predicted octanol–water partition coefficient (Wildman–Crippen LogP) is 3.54. The second-order valence-electron chi connectivity index (χ2n) is 5.37. The fourth-order valence-electron chi connectivity index (χ4n) is 2.13. The standard InChI is InChI=1S/C18H20FNO2S/c1-12(17(21)14-8-10-15(19)11-9-14)20-18(22)13(2)23-16-6-4-3-5-7-16/h3-13,17,21H,1-2H3,(H,20,22). The Bertz CT molecular complexity index is 633. The lowest BCUT2D eigenvalue weighted by atomic mass is 10.0. The largest absolute Gasteiger partial charge is 0.386 e. The molecular formula is C18H20FNO2S. The quantitative estimate of drug-likeness (QED) is 0.795. The summed E-state index contributed by atoms with van der Waals surface area (Å²) in [5, 5.41) is 12.8. The first kappa shape index (κ1) is 17.5. The van der Waals surface area contributed by atoms with Gasteiger partial charge in [0.2, 0.25) is 5.91 Å². The van der Waals surface area contributed by atoms with Crippen LogP contribution in [0.15, 0.2) is 59.5 Å². The number of halogens is 1. The van der Waals surface area contributed by atoms with Crippen molar-refractivity contribution >= 4 is 17.7 Å². The molecule has 0 aromatic heterocycles. The first-order valence-electron chi connectivity index (χ1n) is 7.43. The van der Waals surface area contributed by atoms with Crippen LogP contribution in [-0.4, -0.2) is 22.3 Å². The van der Waals surface area contributed by atoms with E-state index in [9.17, 15) is 14.3 Å². The lowest BCUT2D eigenvalue weighted by molar-refractivity contribution is -0.121. The third-order valence-electron chi connectivity index (χ3n) is 3.48. The molecule has 2 aromatic carbocycles. The maximum absolute atomic E-state index is 12.9. The zero-order valence-corrected chi connectivity index (χ0v) is 13.9. The number of rotatable bonds is 6. The van der Waals surface area contributed by atoms with Crippen LogP contribution < -0.4 is 5.32 Å². The van der Waals surface area contributed by atoms with Gasteiger partial charge >= 0.3 is 0 Å². The molecule has 2 aromatic rings. The number of carbonyl (C=O) groups is 1. The Labute approximate surface area is 139 Å². The Kier molecular flexibility index (Phi) is 6.19. The average molecular weight is 333 g/mol. The normalized spacial score (nSPS) is 14.8. The molecule has 0 saturated heterocycles. The lowest BCUT2D eigenvalue weighted by Crippen LogP contribution is -2.40. The van der Waals surface area contributed by atoms with E-state index in [4.69, 9.17) is 0 Å². The molecule has 0 fully saturated rings. The Morgan fingerprint density at radius 2 is 1.70 bits per heavy atom. The van der Waals surface area contributed by atoms with Crippen molar-refractivity contribution in [3.8, 4) is 0 Å². The van der Waals surface area contributed by atoms with Crippen molar-refractivity contribution < 1.29 is 14.3 Å². The number of hydrogen-bond acceptors (Lipinski definition) is 3. The molecule has 0 aliphatic rings. The van der Waals surface area contributed by atoms with Crippen LogP contribution in [0.1, 0.15) is 25.5 Å². The number of hydrogen-bond donors (Lipinski definition) is 2. The van der Waals surface area contributed by atoms with Crippen molar-refractivity contribution in [3.05, 3.63) is 66.0 Å². The molecule has 0 bridgehead atoms. The van der Waals surface area contributed by atoms with Gasteiger partial charge in [0.05, 0.1) is 17.4 Å². The van der Waals surface area contributed by atoms with Crippen molar-refractivity contribution in [2.75, 3.05) is 0 Å². The molecule has 0 heterocycles. The third kappa shape index (κ3) is 5.08. The molecule has 0 saturated carbocycles. The number of thioether (sulfide) groups is 1. The first-order valence-corrected chi connectivity index (χ1v) is 8.31. The van der Waals surface area contributed by atoms with E-state index in [-0.39, 0.29) is 17.0 Å². The van der Waals surface area contributed by atoms with Crippen LogP contribution in [0.25, 0.3) is 0 Å². The van der Waals surface area contributed by atoms with Gasteiger partial charge in [-0.05, 0) is 43.7 Å². The summed E-state index contributed by atoms with van der Waals surface area (Å²) in [7, 11) is 0. The Morgan fingerprint density at radius 3 is 2.30 bits per heavy atom. The van der Waals surface area contributed by atoms with E-state index in [1.807, 2.05) is 37.3 Å². The minimum absolute atomic E-state index is 0.146. The van der Waals surface area contributed by atoms with Gasteiger partial charge < -0.3 is 10.4 Å². The summed E-state index contributed by atoms with van der Waals surface area (Å²) in [5.41, 5.74) is 0.572. The summed E-state index contributed by atoms with van der Waals surface area (Å²) in [5.74, 6) is -0.502. The number of aliphatic hydroxyl groups is 1. The van der Waals surface area contributed by atoms with Gasteiger partial charge in [-0.3, -0.25) is 4.79 Å². The SMILES string of the molecule is CC(Sc1ccccc1)C(=O)NC(C)C(O)c1ccc(F)cc1. The average Bonchev–Trinajstić information content (AvgIpc) is 2.55. The van der Waals surface area contributed by atoms with E-state index >= 15 is 0 Å². The summed E-state index contributed by atoms with van der Waals surface area (Å²) < 4.78 is 12.9. The highest BCUT2D eigenvalue weighted by atomic mass is 32.2. The molecular weight excluding hydrogens is 313 g/mol.